The van der Waals surface area contributed by atoms with Crippen molar-refractivity contribution in [2.24, 2.45) is 11.8 Å². The molecule has 0 bridgehead atoms. The van der Waals surface area contributed by atoms with Crippen molar-refractivity contribution < 1.29 is 38.1 Å². The SMILES string of the molecule is CCCCCCCCCCCCCCCC(=O)OCC(COC(=O)CCCCCCCCCCCCCCC)OC(=O)CC(C)CCC(C)C(=O)Oc1ccc(CC)cc1. The lowest BCUT2D eigenvalue weighted by atomic mass is 9.96. The van der Waals surface area contributed by atoms with Crippen LogP contribution in [0.15, 0.2) is 24.3 Å². The van der Waals surface area contributed by atoms with Crippen molar-refractivity contribution in [1.82, 2.24) is 0 Å². The van der Waals surface area contributed by atoms with Gasteiger partial charge in [0.15, 0.2) is 6.10 Å². The summed E-state index contributed by atoms with van der Waals surface area (Å²) in [5, 5.41) is 0. The molecular weight excluding hydrogens is 753 g/mol. The van der Waals surface area contributed by atoms with Gasteiger partial charge in [-0.05, 0) is 55.7 Å². The molecule has 0 fully saturated rings. The topological polar surface area (TPSA) is 105 Å². The third-order valence-electron chi connectivity index (χ3n) is 11.7. The minimum Gasteiger partial charge on any atom is -0.462 e. The van der Waals surface area contributed by atoms with E-state index < -0.39 is 12.1 Å². The lowest BCUT2D eigenvalue weighted by Crippen LogP contribution is -2.31. The van der Waals surface area contributed by atoms with Gasteiger partial charge in [0, 0.05) is 19.3 Å². The molecule has 0 saturated heterocycles. The summed E-state index contributed by atoms with van der Waals surface area (Å²) in [4.78, 5) is 51.0. The van der Waals surface area contributed by atoms with Crippen LogP contribution in [-0.2, 0) is 39.8 Å². The van der Waals surface area contributed by atoms with E-state index >= 15 is 0 Å². The van der Waals surface area contributed by atoms with E-state index in [2.05, 4.69) is 20.8 Å². The predicted molar refractivity (Wildman–Crippen MR) is 246 cm³/mol. The van der Waals surface area contributed by atoms with E-state index in [4.69, 9.17) is 18.9 Å². The first-order valence-electron chi connectivity index (χ1n) is 25.0. The Morgan fingerprint density at radius 2 is 0.867 bits per heavy atom. The van der Waals surface area contributed by atoms with Crippen molar-refractivity contribution in [3.05, 3.63) is 29.8 Å². The molecular formula is C52H90O8. The Labute approximate surface area is 367 Å². The van der Waals surface area contributed by atoms with Gasteiger partial charge >= 0.3 is 23.9 Å². The molecule has 0 aliphatic heterocycles. The minimum absolute atomic E-state index is 0.0477. The van der Waals surface area contributed by atoms with Crippen molar-refractivity contribution in [2.75, 3.05) is 13.2 Å². The third kappa shape index (κ3) is 32.8. The molecule has 1 rings (SSSR count). The molecule has 0 aliphatic carbocycles. The fraction of sp³-hybridized carbons (Fsp3) is 0.808. The molecule has 0 N–H and O–H groups in total. The average molecular weight is 843 g/mol. The second kappa shape index (κ2) is 39.0. The number of carbonyl (C=O) groups is 4. The first-order valence-corrected chi connectivity index (χ1v) is 25.0. The molecule has 0 radical (unpaired) electrons. The summed E-state index contributed by atoms with van der Waals surface area (Å²) in [5.41, 5.74) is 1.18. The maximum Gasteiger partial charge on any atom is 0.314 e. The van der Waals surface area contributed by atoms with Crippen LogP contribution in [0.3, 0.4) is 0 Å². The van der Waals surface area contributed by atoms with Gasteiger partial charge < -0.3 is 18.9 Å². The number of unbranched alkanes of at least 4 members (excludes halogenated alkanes) is 24. The summed E-state index contributed by atoms with van der Waals surface area (Å²) < 4.78 is 22.4. The van der Waals surface area contributed by atoms with E-state index in [1.807, 2.05) is 38.1 Å². The van der Waals surface area contributed by atoms with Gasteiger partial charge in [0.1, 0.15) is 19.0 Å². The number of aryl methyl sites for hydroxylation is 1. The Balaban J connectivity index is 2.44. The summed E-state index contributed by atoms with van der Waals surface area (Å²) >= 11 is 0. The molecule has 2 atom stereocenters. The number of ether oxygens (including phenoxy) is 4. The molecule has 1 aromatic carbocycles. The van der Waals surface area contributed by atoms with Crippen LogP contribution in [-0.4, -0.2) is 43.2 Å². The van der Waals surface area contributed by atoms with E-state index in [0.717, 1.165) is 44.9 Å². The summed E-state index contributed by atoms with van der Waals surface area (Å²) in [7, 11) is 0. The predicted octanol–water partition coefficient (Wildman–Crippen LogP) is 14.6. The maximum atomic E-state index is 13.0. The van der Waals surface area contributed by atoms with Crippen LogP contribution in [0.25, 0.3) is 0 Å². The monoisotopic (exact) mass is 843 g/mol. The molecule has 0 aliphatic rings. The molecule has 8 heteroatoms. The molecule has 60 heavy (non-hydrogen) atoms. The molecule has 0 aromatic heterocycles. The van der Waals surface area contributed by atoms with Gasteiger partial charge in [-0.15, -0.1) is 0 Å². The average Bonchev–Trinajstić information content (AvgIpc) is 3.24. The van der Waals surface area contributed by atoms with Crippen molar-refractivity contribution >= 4 is 23.9 Å². The summed E-state index contributed by atoms with van der Waals surface area (Å²) in [5.74, 6) is -1.24. The Kier molecular flexibility index (Phi) is 35.8. The number of esters is 4. The van der Waals surface area contributed by atoms with Gasteiger partial charge in [0.2, 0.25) is 0 Å². The van der Waals surface area contributed by atoms with Crippen molar-refractivity contribution in [1.29, 1.82) is 0 Å². The Morgan fingerprint density at radius 3 is 1.25 bits per heavy atom. The normalized spacial score (nSPS) is 12.3. The highest BCUT2D eigenvalue weighted by Gasteiger charge is 2.22. The van der Waals surface area contributed by atoms with Gasteiger partial charge in [-0.3, -0.25) is 19.2 Å². The fourth-order valence-electron chi connectivity index (χ4n) is 7.49. The van der Waals surface area contributed by atoms with Gasteiger partial charge in [0.25, 0.3) is 0 Å². The first-order chi connectivity index (χ1) is 29.2. The van der Waals surface area contributed by atoms with Crippen LogP contribution in [0, 0.1) is 11.8 Å². The summed E-state index contributed by atoms with van der Waals surface area (Å²) in [6, 6.07) is 7.54. The summed E-state index contributed by atoms with van der Waals surface area (Å²) in [6.07, 6.45) is 34.1. The lowest BCUT2D eigenvalue weighted by Gasteiger charge is -2.20. The Bertz CT molecular complexity index is 1150. The van der Waals surface area contributed by atoms with Crippen molar-refractivity contribution in [3.8, 4) is 5.75 Å². The second-order valence-corrected chi connectivity index (χ2v) is 17.7. The van der Waals surface area contributed by atoms with Crippen LogP contribution in [0.1, 0.15) is 239 Å². The minimum atomic E-state index is -0.871. The maximum absolute atomic E-state index is 13.0. The highest BCUT2D eigenvalue weighted by Crippen LogP contribution is 2.21. The van der Waals surface area contributed by atoms with E-state index in [1.165, 1.54) is 134 Å². The molecule has 0 amide bonds. The molecule has 8 nitrogen and oxygen atoms in total. The summed E-state index contributed by atoms with van der Waals surface area (Å²) in [6.45, 7) is 10.1. The van der Waals surface area contributed by atoms with Crippen LogP contribution in [0.2, 0.25) is 0 Å². The van der Waals surface area contributed by atoms with E-state index in [-0.39, 0.29) is 49.4 Å². The van der Waals surface area contributed by atoms with E-state index in [1.54, 1.807) is 0 Å². The molecule has 0 spiro atoms. The highest BCUT2D eigenvalue weighted by molar-refractivity contribution is 5.74. The molecule has 0 heterocycles. The van der Waals surface area contributed by atoms with Gasteiger partial charge in [-0.2, -0.15) is 0 Å². The molecule has 2 unspecified atom stereocenters. The van der Waals surface area contributed by atoms with Crippen molar-refractivity contribution in [3.63, 3.8) is 0 Å². The van der Waals surface area contributed by atoms with Crippen LogP contribution in [0.5, 0.6) is 5.75 Å². The molecule has 1 aromatic rings. The van der Waals surface area contributed by atoms with Gasteiger partial charge in [-0.1, -0.05) is 201 Å². The molecule has 346 valence electrons. The van der Waals surface area contributed by atoms with Crippen LogP contribution < -0.4 is 4.74 Å². The number of hydrogen-bond donors (Lipinski definition) is 0. The molecule has 0 saturated carbocycles. The van der Waals surface area contributed by atoms with E-state index in [9.17, 15) is 19.2 Å². The second-order valence-electron chi connectivity index (χ2n) is 17.7. The zero-order chi connectivity index (χ0) is 43.9. The number of rotatable bonds is 41. The fourth-order valence-corrected chi connectivity index (χ4v) is 7.49. The smallest absolute Gasteiger partial charge is 0.314 e. The standard InChI is InChI=1S/C52H90O8/c1-6-9-11-13-15-17-19-21-23-25-27-29-31-33-49(53)57-42-48(43-58-50(54)34-32-30-28-26-24-22-20-18-16-14-12-10-7-2)59-51(55)41-44(4)35-36-45(5)52(56)60-47-39-37-46(8-3)38-40-47/h37-40,44-45,48H,6-36,41-43H2,1-5H3. The van der Waals surface area contributed by atoms with Gasteiger partial charge in [0.05, 0.1) is 5.92 Å². The third-order valence-corrected chi connectivity index (χ3v) is 11.7. The number of hydrogen-bond acceptors (Lipinski definition) is 8. The number of carbonyl (C=O) groups excluding carboxylic acids is 4. The number of benzene rings is 1. The lowest BCUT2D eigenvalue weighted by molar-refractivity contribution is -0.167. The van der Waals surface area contributed by atoms with E-state index in [0.29, 0.717) is 31.4 Å². The Morgan fingerprint density at radius 1 is 0.483 bits per heavy atom. The van der Waals surface area contributed by atoms with Crippen LogP contribution >= 0.6 is 0 Å². The van der Waals surface area contributed by atoms with Crippen LogP contribution in [0.4, 0.5) is 0 Å². The zero-order valence-corrected chi connectivity index (χ0v) is 39.3. The van der Waals surface area contributed by atoms with Crippen molar-refractivity contribution in [2.45, 2.75) is 246 Å². The first kappa shape index (κ1) is 55.1. The quantitative estimate of drug-likeness (QED) is 0.0278. The largest absolute Gasteiger partial charge is 0.462 e. The van der Waals surface area contributed by atoms with Gasteiger partial charge in [-0.25, -0.2) is 0 Å². The Hall–Kier alpha value is -2.90. The highest BCUT2D eigenvalue weighted by atomic mass is 16.6. The zero-order valence-electron chi connectivity index (χ0n) is 39.3.